The first-order chi connectivity index (χ1) is 8.01. The van der Waals surface area contributed by atoms with Gasteiger partial charge in [0.2, 0.25) is 0 Å². The van der Waals surface area contributed by atoms with Crippen LogP contribution in [0.5, 0.6) is 0 Å². The van der Waals surface area contributed by atoms with Crippen LogP contribution < -0.4 is 4.90 Å². The lowest BCUT2D eigenvalue weighted by molar-refractivity contribution is -0.159. The molecule has 0 amide bonds. The van der Waals surface area contributed by atoms with Gasteiger partial charge in [-0.2, -0.15) is 0 Å². The van der Waals surface area contributed by atoms with Crippen LogP contribution in [0, 0.1) is 6.92 Å². The lowest BCUT2D eigenvalue weighted by atomic mass is 9.92. The highest BCUT2D eigenvalue weighted by atomic mass is 16.4. The Hall–Kier alpha value is -1.55. The first kappa shape index (κ1) is 11.9. The molecule has 2 N–H and O–H groups in total. The third-order valence-electron chi connectivity index (χ3n) is 3.24. The molecular weight excluding hydrogens is 218 g/mol. The van der Waals surface area contributed by atoms with Crippen molar-refractivity contribution in [2.75, 3.05) is 18.0 Å². The van der Waals surface area contributed by atoms with E-state index in [1.807, 2.05) is 36.1 Å². The minimum Gasteiger partial charge on any atom is -0.479 e. The topological polar surface area (TPSA) is 60.8 Å². The monoisotopic (exact) mass is 235 g/mol. The minimum absolute atomic E-state index is 0.159. The Labute approximate surface area is 100 Å². The molecule has 4 heteroatoms. The average Bonchev–Trinajstić information content (AvgIpc) is 2.29. The van der Waals surface area contributed by atoms with Crippen molar-refractivity contribution < 1.29 is 15.0 Å². The minimum atomic E-state index is -1.61. The van der Waals surface area contributed by atoms with E-state index < -0.39 is 11.6 Å². The van der Waals surface area contributed by atoms with Crippen molar-refractivity contribution in [1.82, 2.24) is 0 Å². The van der Waals surface area contributed by atoms with Gasteiger partial charge in [-0.15, -0.1) is 0 Å². The number of hydrogen-bond acceptors (Lipinski definition) is 3. The van der Waals surface area contributed by atoms with Crippen LogP contribution in [0.4, 0.5) is 5.69 Å². The van der Waals surface area contributed by atoms with E-state index in [9.17, 15) is 9.90 Å². The smallest absolute Gasteiger partial charge is 0.337 e. The normalized spacial score (nSPS) is 24.7. The number of nitrogens with zero attached hydrogens (tertiary/aromatic N) is 1. The van der Waals surface area contributed by atoms with Gasteiger partial charge in [0.25, 0.3) is 0 Å². The maximum atomic E-state index is 11.0. The molecule has 0 spiro atoms. The summed E-state index contributed by atoms with van der Waals surface area (Å²) < 4.78 is 0. The van der Waals surface area contributed by atoms with Gasteiger partial charge in [0.1, 0.15) is 0 Å². The molecule has 1 aromatic rings. The van der Waals surface area contributed by atoms with Gasteiger partial charge in [0, 0.05) is 12.2 Å². The summed E-state index contributed by atoms with van der Waals surface area (Å²) >= 11 is 0. The van der Waals surface area contributed by atoms with Gasteiger partial charge in [-0.25, -0.2) is 4.79 Å². The fraction of sp³-hybridized carbons (Fsp3) is 0.462. The Kier molecular flexibility index (Phi) is 3.07. The van der Waals surface area contributed by atoms with Gasteiger partial charge in [0.15, 0.2) is 5.60 Å². The number of benzene rings is 1. The first-order valence-corrected chi connectivity index (χ1v) is 5.79. The number of carbonyl (C=O) groups is 1. The van der Waals surface area contributed by atoms with E-state index in [0.29, 0.717) is 12.8 Å². The van der Waals surface area contributed by atoms with E-state index in [2.05, 4.69) is 0 Å². The molecule has 0 radical (unpaired) electrons. The number of rotatable bonds is 2. The third kappa shape index (κ3) is 2.42. The predicted octanol–water partition coefficient (Wildman–Crippen LogP) is 1.41. The van der Waals surface area contributed by atoms with Crippen LogP contribution in [-0.2, 0) is 4.79 Å². The summed E-state index contributed by atoms with van der Waals surface area (Å²) in [4.78, 5) is 13.0. The van der Waals surface area contributed by atoms with Crippen molar-refractivity contribution in [2.45, 2.75) is 25.4 Å². The zero-order valence-electron chi connectivity index (χ0n) is 9.89. The van der Waals surface area contributed by atoms with Gasteiger partial charge >= 0.3 is 5.97 Å². The molecule has 4 nitrogen and oxygen atoms in total. The SMILES string of the molecule is Cc1cccc(N2CCCC(O)(C(=O)O)C2)c1. The maximum Gasteiger partial charge on any atom is 0.337 e. The largest absolute Gasteiger partial charge is 0.479 e. The number of aliphatic carboxylic acids is 1. The van der Waals surface area contributed by atoms with Crippen LogP contribution in [-0.4, -0.2) is 34.9 Å². The van der Waals surface area contributed by atoms with Gasteiger partial charge < -0.3 is 15.1 Å². The van der Waals surface area contributed by atoms with Crippen molar-refractivity contribution in [1.29, 1.82) is 0 Å². The van der Waals surface area contributed by atoms with Gasteiger partial charge in [0.05, 0.1) is 6.54 Å². The van der Waals surface area contributed by atoms with E-state index in [-0.39, 0.29) is 6.54 Å². The number of aryl methyl sites for hydroxylation is 1. The Morgan fingerprint density at radius 2 is 2.24 bits per heavy atom. The molecule has 1 unspecified atom stereocenters. The number of β-amino-alcohol motifs (C(OH)–C–C–N with tert-alkyl or cyclic N) is 1. The van der Waals surface area contributed by atoms with Crippen LogP contribution >= 0.6 is 0 Å². The summed E-state index contributed by atoms with van der Waals surface area (Å²) in [6.07, 6.45) is 1.02. The highest BCUT2D eigenvalue weighted by Gasteiger charge is 2.40. The zero-order valence-corrected chi connectivity index (χ0v) is 9.89. The molecule has 1 fully saturated rings. The molecule has 1 aliphatic heterocycles. The van der Waals surface area contributed by atoms with Crippen LogP contribution in [0.3, 0.4) is 0 Å². The molecule has 1 aromatic carbocycles. The van der Waals surface area contributed by atoms with Gasteiger partial charge in [-0.3, -0.25) is 0 Å². The number of carboxylic acids is 1. The Morgan fingerprint density at radius 3 is 2.88 bits per heavy atom. The van der Waals surface area contributed by atoms with E-state index in [1.165, 1.54) is 0 Å². The first-order valence-electron chi connectivity index (χ1n) is 5.79. The molecule has 1 heterocycles. The summed E-state index contributed by atoms with van der Waals surface area (Å²) in [5.41, 5.74) is 0.499. The fourth-order valence-electron chi connectivity index (χ4n) is 2.26. The predicted molar refractivity (Wildman–Crippen MR) is 65.2 cm³/mol. The van der Waals surface area contributed by atoms with Crippen molar-refractivity contribution in [3.63, 3.8) is 0 Å². The van der Waals surface area contributed by atoms with Crippen molar-refractivity contribution in [2.24, 2.45) is 0 Å². The quantitative estimate of drug-likeness (QED) is 0.813. The second-order valence-electron chi connectivity index (χ2n) is 4.70. The summed E-state index contributed by atoms with van der Waals surface area (Å²) in [5.74, 6) is -1.13. The summed E-state index contributed by atoms with van der Waals surface area (Å²) in [6.45, 7) is 2.95. The molecule has 0 aromatic heterocycles. The Morgan fingerprint density at radius 1 is 1.47 bits per heavy atom. The third-order valence-corrected chi connectivity index (χ3v) is 3.24. The molecule has 92 valence electrons. The number of hydrogen-bond donors (Lipinski definition) is 2. The molecule has 1 aliphatic rings. The lowest BCUT2D eigenvalue weighted by Crippen LogP contribution is -2.53. The fourth-order valence-corrected chi connectivity index (χ4v) is 2.26. The number of carboxylic acid groups (broad SMARTS) is 1. The van der Waals surface area contributed by atoms with E-state index in [0.717, 1.165) is 17.8 Å². The van der Waals surface area contributed by atoms with Crippen molar-refractivity contribution in [3.8, 4) is 0 Å². The Bertz CT molecular complexity index is 432. The van der Waals surface area contributed by atoms with E-state index in [4.69, 9.17) is 5.11 Å². The van der Waals surface area contributed by atoms with Crippen molar-refractivity contribution >= 4 is 11.7 Å². The molecule has 0 aliphatic carbocycles. The second-order valence-corrected chi connectivity index (χ2v) is 4.70. The van der Waals surface area contributed by atoms with Gasteiger partial charge in [-0.1, -0.05) is 12.1 Å². The van der Waals surface area contributed by atoms with Crippen LogP contribution in [0.25, 0.3) is 0 Å². The second kappa shape index (κ2) is 4.37. The van der Waals surface area contributed by atoms with Gasteiger partial charge in [-0.05, 0) is 37.5 Å². The summed E-state index contributed by atoms with van der Waals surface area (Å²) in [6, 6.07) is 7.89. The van der Waals surface area contributed by atoms with Crippen LogP contribution in [0.2, 0.25) is 0 Å². The number of aliphatic hydroxyl groups is 1. The highest BCUT2D eigenvalue weighted by Crippen LogP contribution is 2.26. The highest BCUT2D eigenvalue weighted by molar-refractivity contribution is 5.78. The molecule has 1 saturated heterocycles. The van der Waals surface area contributed by atoms with E-state index in [1.54, 1.807) is 0 Å². The van der Waals surface area contributed by atoms with Crippen LogP contribution in [0.1, 0.15) is 18.4 Å². The molecule has 0 bridgehead atoms. The number of piperidine rings is 1. The maximum absolute atomic E-state index is 11.0. The molecule has 0 saturated carbocycles. The lowest BCUT2D eigenvalue weighted by Gasteiger charge is -2.37. The molecule has 17 heavy (non-hydrogen) atoms. The molecule has 1 atom stereocenters. The summed E-state index contributed by atoms with van der Waals surface area (Å²) in [5, 5.41) is 19.0. The average molecular weight is 235 g/mol. The Balaban J connectivity index is 2.20. The van der Waals surface area contributed by atoms with Crippen LogP contribution in [0.15, 0.2) is 24.3 Å². The van der Waals surface area contributed by atoms with Crippen molar-refractivity contribution in [3.05, 3.63) is 29.8 Å². The zero-order chi connectivity index (χ0) is 12.5. The molecular formula is C13H17NO3. The molecule has 2 rings (SSSR count). The summed E-state index contributed by atoms with van der Waals surface area (Å²) in [7, 11) is 0. The van der Waals surface area contributed by atoms with E-state index >= 15 is 0 Å². The standard InChI is InChI=1S/C13H17NO3/c1-10-4-2-5-11(8-10)14-7-3-6-13(17,9-14)12(15)16/h2,4-5,8,17H,3,6-7,9H2,1H3,(H,15,16). The number of anilines is 1.